The number of hydrogen-bond donors (Lipinski definition) is 1. The zero-order valence-corrected chi connectivity index (χ0v) is 9.72. The molecule has 1 N–H and O–H groups in total. The Hall–Kier alpha value is -0.940. The lowest BCUT2D eigenvalue weighted by molar-refractivity contribution is 0.0927. The largest absolute Gasteiger partial charge is 0.390 e. The highest BCUT2D eigenvalue weighted by atomic mass is 16.5. The van der Waals surface area contributed by atoms with E-state index in [1.54, 1.807) is 0 Å². The maximum absolute atomic E-state index is 9.17. The quantitative estimate of drug-likeness (QED) is 0.809. The molecule has 1 saturated heterocycles. The van der Waals surface area contributed by atoms with Crippen molar-refractivity contribution in [1.29, 1.82) is 0 Å². The zero-order chi connectivity index (χ0) is 11.4. The zero-order valence-electron chi connectivity index (χ0n) is 9.72. The number of aliphatic hydroxyl groups excluding tert-OH is 1. The number of aromatic nitrogens is 3. The lowest BCUT2D eigenvalue weighted by Gasteiger charge is -2.11. The molecule has 0 bridgehead atoms. The maximum Gasteiger partial charge on any atom is 0.111 e. The van der Waals surface area contributed by atoms with Crippen molar-refractivity contribution in [3.05, 3.63) is 11.4 Å². The van der Waals surface area contributed by atoms with Crippen LogP contribution < -0.4 is 0 Å². The van der Waals surface area contributed by atoms with Crippen LogP contribution in [0.5, 0.6) is 0 Å². The minimum Gasteiger partial charge on any atom is -0.390 e. The molecular formula is C11H19N3O2. The summed E-state index contributed by atoms with van der Waals surface area (Å²) in [6, 6.07) is 0. The van der Waals surface area contributed by atoms with E-state index in [-0.39, 0.29) is 12.7 Å². The SMILES string of the molecule is CCCc1c(CO)nnn1CC1CCCO1. The average molecular weight is 225 g/mol. The fraction of sp³-hybridized carbons (Fsp3) is 0.818. The summed E-state index contributed by atoms with van der Waals surface area (Å²) in [4.78, 5) is 0. The molecule has 1 aliphatic heterocycles. The molecule has 1 aromatic rings. The van der Waals surface area contributed by atoms with Gasteiger partial charge in [-0.3, -0.25) is 0 Å². The van der Waals surface area contributed by atoms with Crippen LogP contribution in [0.4, 0.5) is 0 Å². The molecule has 16 heavy (non-hydrogen) atoms. The minimum absolute atomic E-state index is 0.0269. The van der Waals surface area contributed by atoms with Crippen molar-refractivity contribution in [2.24, 2.45) is 0 Å². The number of ether oxygens (including phenoxy) is 1. The first kappa shape index (κ1) is 11.5. The molecular weight excluding hydrogens is 206 g/mol. The van der Waals surface area contributed by atoms with E-state index in [2.05, 4.69) is 17.2 Å². The normalized spacial score (nSPS) is 20.5. The molecule has 0 aromatic carbocycles. The van der Waals surface area contributed by atoms with Crippen molar-refractivity contribution < 1.29 is 9.84 Å². The van der Waals surface area contributed by atoms with Crippen molar-refractivity contribution in [2.45, 2.75) is 51.9 Å². The number of nitrogens with zero attached hydrogens (tertiary/aromatic N) is 3. The van der Waals surface area contributed by atoms with Gasteiger partial charge in [0.2, 0.25) is 0 Å². The van der Waals surface area contributed by atoms with E-state index in [1.807, 2.05) is 4.68 Å². The second-order valence-corrected chi connectivity index (χ2v) is 4.21. The van der Waals surface area contributed by atoms with Gasteiger partial charge in [0.05, 0.1) is 24.9 Å². The molecule has 1 fully saturated rings. The van der Waals surface area contributed by atoms with E-state index < -0.39 is 0 Å². The Morgan fingerprint density at radius 1 is 1.56 bits per heavy atom. The number of hydrogen-bond acceptors (Lipinski definition) is 4. The number of aliphatic hydroxyl groups is 1. The molecule has 1 atom stereocenters. The molecule has 2 rings (SSSR count). The van der Waals surface area contributed by atoms with E-state index in [9.17, 15) is 5.11 Å². The van der Waals surface area contributed by atoms with Crippen LogP contribution in [0.3, 0.4) is 0 Å². The van der Waals surface area contributed by atoms with Crippen LogP contribution in [0.1, 0.15) is 37.6 Å². The molecule has 1 unspecified atom stereocenters. The van der Waals surface area contributed by atoms with Gasteiger partial charge in [0, 0.05) is 6.61 Å². The lowest BCUT2D eigenvalue weighted by atomic mass is 10.2. The molecule has 0 radical (unpaired) electrons. The molecule has 0 aliphatic carbocycles. The van der Waals surface area contributed by atoms with E-state index in [1.165, 1.54) is 0 Å². The van der Waals surface area contributed by atoms with Gasteiger partial charge >= 0.3 is 0 Å². The van der Waals surface area contributed by atoms with Gasteiger partial charge in [0.1, 0.15) is 5.69 Å². The van der Waals surface area contributed by atoms with Crippen molar-refractivity contribution in [1.82, 2.24) is 15.0 Å². The fourth-order valence-corrected chi connectivity index (χ4v) is 2.13. The molecule has 0 saturated carbocycles. The predicted molar refractivity (Wildman–Crippen MR) is 58.9 cm³/mol. The van der Waals surface area contributed by atoms with Crippen LogP contribution in [-0.2, 0) is 24.3 Å². The molecule has 90 valence electrons. The lowest BCUT2D eigenvalue weighted by Crippen LogP contribution is -2.18. The highest BCUT2D eigenvalue weighted by Crippen LogP contribution is 2.16. The molecule has 1 aromatic heterocycles. The fourth-order valence-electron chi connectivity index (χ4n) is 2.13. The highest BCUT2D eigenvalue weighted by molar-refractivity contribution is 5.09. The Balaban J connectivity index is 2.09. The van der Waals surface area contributed by atoms with Crippen LogP contribution in [-0.4, -0.2) is 32.8 Å². The molecule has 2 heterocycles. The third-order valence-electron chi connectivity index (χ3n) is 2.96. The Morgan fingerprint density at radius 3 is 3.06 bits per heavy atom. The second-order valence-electron chi connectivity index (χ2n) is 4.21. The first-order valence-electron chi connectivity index (χ1n) is 5.98. The van der Waals surface area contributed by atoms with E-state index in [0.29, 0.717) is 5.69 Å². The smallest absolute Gasteiger partial charge is 0.111 e. The van der Waals surface area contributed by atoms with Crippen LogP contribution in [0.15, 0.2) is 0 Å². The van der Waals surface area contributed by atoms with Gasteiger partial charge in [-0.15, -0.1) is 5.10 Å². The van der Waals surface area contributed by atoms with Crippen molar-refractivity contribution in [3.63, 3.8) is 0 Å². The summed E-state index contributed by atoms with van der Waals surface area (Å²) in [7, 11) is 0. The first-order chi connectivity index (χ1) is 7.85. The molecule has 5 heteroatoms. The van der Waals surface area contributed by atoms with Crippen LogP contribution >= 0.6 is 0 Å². The van der Waals surface area contributed by atoms with Crippen molar-refractivity contribution >= 4 is 0 Å². The summed E-state index contributed by atoms with van der Waals surface area (Å²) in [5.74, 6) is 0. The third kappa shape index (κ3) is 2.41. The van der Waals surface area contributed by atoms with Crippen LogP contribution in [0, 0.1) is 0 Å². The highest BCUT2D eigenvalue weighted by Gasteiger charge is 2.19. The monoisotopic (exact) mass is 225 g/mol. The van der Waals surface area contributed by atoms with Gasteiger partial charge in [0.25, 0.3) is 0 Å². The molecule has 5 nitrogen and oxygen atoms in total. The van der Waals surface area contributed by atoms with Gasteiger partial charge in [-0.25, -0.2) is 4.68 Å². The summed E-state index contributed by atoms with van der Waals surface area (Å²) in [5, 5.41) is 17.3. The Labute approximate surface area is 95.4 Å². The molecule has 0 spiro atoms. The first-order valence-corrected chi connectivity index (χ1v) is 5.98. The minimum atomic E-state index is -0.0269. The molecule has 1 aliphatic rings. The van der Waals surface area contributed by atoms with E-state index in [0.717, 1.165) is 44.5 Å². The van der Waals surface area contributed by atoms with Gasteiger partial charge in [-0.05, 0) is 19.3 Å². The Morgan fingerprint density at radius 2 is 2.44 bits per heavy atom. The summed E-state index contributed by atoms with van der Waals surface area (Å²) >= 11 is 0. The number of rotatable bonds is 5. The summed E-state index contributed by atoms with van der Waals surface area (Å²) in [6.45, 7) is 3.71. The van der Waals surface area contributed by atoms with Gasteiger partial charge < -0.3 is 9.84 Å². The van der Waals surface area contributed by atoms with Crippen molar-refractivity contribution in [2.75, 3.05) is 6.61 Å². The third-order valence-corrected chi connectivity index (χ3v) is 2.96. The Kier molecular flexibility index (Phi) is 3.90. The van der Waals surface area contributed by atoms with Gasteiger partial charge in [-0.2, -0.15) is 0 Å². The van der Waals surface area contributed by atoms with Gasteiger partial charge in [0.15, 0.2) is 0 Å². The van der Waals surface area contributed by atoms with Crippen LogP contribution in [0.2, 0.25) is 0 Å². The summed E-state index contributed by atoms with van der Waals surface area (Å²) < 4.78 is 7.48. The van der Waals surface area contributed by atoms with Crippen LogP contribution in [0.25, 0.3) is 0 Å². The average Bonchev–Trinajstić information content (AvgIpc) is 2.91. The van der Waals surface area contributed by atoms with E-state index in [4.69, 9.17) is 4.74 Å². The summed E-state index contributed by atoms with van der Waals surface area (Å²) in [6.07, 6.45) is 4.44. The standard InChI is InChI=1S/C11H19N3O2/c1-2-4-11-10(8-15)12-13-14(11)7-9-5-3-6-16-9/h9,15H,2-8H2,1H3. The summed E-state index contributed by atoms with van der Waals surface area (Å²) in [5.41, 5.74) is 1.76. The van der Waals surface area contributed by atoms with Crippen molar-refractivity contribution in [3.8, 4) is 0 Å². The topological polar surface area (TPSA) is 60.2 Å². The Bertz CT molecular complexity index is 332. The van der Waals surface area contributed by atoms with Gasteiger partial charge in [-0.1, -0.05) is 18.6 Å². The predicted octanol–water partition coefficient (Wildman–Crippen LogP) is 0.902. The van der Waals surface area contributed by atoms with E-state index >= 15 is 0 Å². The maximum atomic E-state index is 9.17. The molecule has 0 amide bonds. The second kappa shape index (κ2) is 5.41.